The molecule has 0 radical (unpaired) electrons. The fraction of sp³-hybridized carbons (Fsp3) is 0.619. The highest BCUT2D eigenvalue weighted by molar-refractivity contribution is 5.95. The van der Waals surface area contributed by atoms with Gasteiger partial charge in [0.15, 0.2) is 6.61 Å². The zero-order valence-electron chi connectivity index (χ0n) is 15.2. The van der Waals surface area contributed by atoms with E-state index in [0.717, 1.165) is 19.3 Å². The van der Waals surface area contributed by atoms with Gasteiger partial charge >= 0.3 is 5.97 Å². The van der Waals surface area contributed by atoms with Crippen molar-refractivity contribution in [3.63, 3.8) is 0 Å². The largest absolute Gasteiger partial charge is 0.455 e. The molecule has 0 N–H and O–H groups in total. The van der Waals surface area contributed by atoms with Crippen LogP contribution in [0.25, 0.3) is 0 Å². The quantitative estimate of drug-likeness (QED) is 0.748. The van der Waals surface area contributed by atoms with Gasteiger partial charge in [0.25, 0.3) is 5.91 Å². The number of halogens is 1. The van der Waals surface area contributed by atoms with E-state index < -0.39 is 0 Å². The SMILES string of the molecule is CCN(C(=O)COC(=O)C12CC3CC(CC(C3)C1)C2)c1ccc(F)cc1. The molecule has 140 valence electrons. The second kappa shape index (κ2) is 6.67. The molecule has 5 rings (SSSR count). The van der Waals surface area contributed by atoms with Gasteiger partial charge in [-0.3, -0.25) is 9.59 Å². The van der Waals surface area contributed by atoms with Crippen molar-refractivity contribution in [2.75, 3.05) is 18.1 Å². The molecule has 4 bridgehead atoms. The van der Waals surface area contributed by atoms with Crippen molar-refractivity contribution < 1.29 is 18.7 Å². The van der Waals surface area contributed by atoms with Crippen LogP contribution in [-0.4, -0.2) is 25.0 Å². The monoisotopic (exact) mass is 359 g/mol. The molecule has 1 aromatic carbocycles. The van der Waals surface area contributed by atoms with E-state index >= 15 is 0 Å². The Balaban J connectivity index is 1.39. The zero-order valence-corrected chi connectivity index (χ0v) is 15.2. The van der Waals surface area contributed by atoms with Gasteiger partial charge in [-0.2, -0.15) is 0 Å². The molecule has 26 heavy (non-hydrogen) atoms. The molecule has 4 aliphatic carbocycles. The average molecular weight is 359 g/mol. The van der Waals surface area contributed by atoms with Crippen molar-refractivity contribution in [2.45, 2.75) is 45.4 Å². The summed E-state index contributed by atoms with van der Waals surface area (Å²) in [5, 5.41) is 0. The van der Waals surface area contributed by atoms with Crippen LogP contribution in [0, 0.1) is 29.0 Å². The molecular weight excluding hydrogens is 333 g/mol. The number of nitrogens with zero attached hydrogens (tertiary/aromatic N) is 1. The van der Waals surface area contributed by atoms with E-state index in [9.17, 15) is 14.0 Å². The number of carbonyl (C=O) groups excluding carboxylic acids is 2. The van der Waals surface area contributed by atoms with Crippen molar-refractivity contribution in [3.05, 3.63) is 30.1 Å². The number of amides is 1. The van der Waals surface area contributed by atoms with E-state index in [1.165, 1.54) is 36.3 Å². The molecule has 4 fully saturated rings. The van der Waals surface area contributed by atoms with Gasteiger partial charge in [-0.25, -0.2) is 4.39 Å². The van der Waals surface area contributed by atoms with E-state index in [2.05, 4.69) is 0 Å². The highest BCUT2D eigenvalue weighted by Crippen LogP contribution is 2.60. The maximum atomic E-state index is 13.1. The maximum Gasteiger partial charge on any atom is 0.312 e. The fourth-order valence-electron chi connectivity index (χ4n) is 5.84. The number of rotatable bonds is 5. The van der Waals surface area contributed by atoms with Gasteiger partial charge in [-0.1, -0.05) is 0 Å². The summed E-state index contributed by atoms with van der Waals surface area (Å²) in [6, 6.07) is 5.79. The van der Waals surface area contributed by atoms with E-state index in [0.29, 0.717) is 30.0 Å². The highest BCUT2D eigenvalue weighted by atomic mass is 19.1. The minimum absolute atomic E-state index is 0.180. The molecule has 1 aromatic rings. The molecule has 0 aliphatic heterocycles. The summed E-state index contributed by atoms with van der Waals surface area (Å²) >= 11 is 0. The lowest BCUT2D eigenvalue weighted by molar-refractivity contribution is -0.172. The molecule has 0 heterocycles. The summed E-state index contributed by atoms with van der Waals surface area (Å²) in [6.45, 7) is 2.05. The van der Waals surface area contributed by atoms with Gasteiger partial charge in [0.1, 0.15) is 5.82 Å². The normalized spacial score (nSPS) is 31.7. The first-order valence-corrected chi connectivity index (χ1v) is 9.72. The van der Waals surface area contributed by atoms with Crippen molar-refractivity contribution >= 4 is 17.6 Å². The van der Waals surface area contributed by atoms with Crippen molar-refractivity contribution in [2.24, 2.45) is 23.2 Å². The summed E-state index contributed by atoms with van der Waals surface area (Å²) in [4.78, 5) is 26.9. The first-order chi connectivity index (χ1) is 12.5. The summed E-state index contributed by atoms with van der Waals surface area (Å²) in [6.07, 6.45) is 6.59. The fourth-order valence-corrected chi connectivity index (χ4v) is 5.84. The third-order valence-corrected chi connectivity index (χ3v) is 6.55. The Morgan fingerprint density at radius 3 is 2.12 bits per heavy atom. The molecule has 0 spiro atoms. The lowest BCUT2D eigenvalue weighted by Crippen LogP contribution is -2.51. The number of ether oxygens (including phenoxy) is 1. The number of hydrogen-bond donors (Lipinski definition) is 0. The van der Waals surface area contributed by atoms with Gasteiger partial charge in [0, 0.05) is 12.2 Å². The Kier molecular flexibility index (Phi) is 4.49. The van der Waals surface area contributed by atoms with Crippen molar-refractivity contribution in [1.29, 1.82) is 0 Å². The highest BCUT2D eigenvalue weighted by Gasteiger charge is 2.55. The zero-order chi connectivity index (χ0) is 18.3. The van der Waals surface area contributed by atoms with Crippen molar-refractivity contribution in [3.8, 4) is 0 Å². The number of likely N-dealkylation sites (N-methyl/N-ethyl adjacent to an activating group) is 1. The number of esters is 1. The third kappa shape index (κ3) is 3.12. The van der Waals surface area contributed by atoms with Crippen LogP contribution in [0.2, 0.25) is 0 Å². The molecule has 4 saturated carbocycles. The summed E-state index contributed by atoms with van der Waals surface area (Å²) in [5.74, 6) is 1.20. The molecule has 5 heteroatoms. The topological polar surface area (TPSA) is 46.6 Å². The Labute approximate surface area is 153 Å². The van der Waals surface area contributed by atoms with E-state index in [-0.39, 0.29) is 29.7 Å². The van der Waals surface area contributed by atoms with Gasteiger partial charge in [0.05, 0.1) is 5.41 Å². The molecule has 0 atom stereocenters. The summed E-state index contributed by atoms with van der Waals surface area (Å²) < 4.78 is 18.6. The first-order valence-electron chi connectivity index (χ1n) is 9.72. The predicted molar refractivity (Wildman–Crippen MR) is 96.0 cm³/mol. The number of benzene rings is 1. The Bertz CT molecular complexity index is 664. The molecule has 1 amide bonds. The maximum absolute atomic E-state index is 13.1. The van der Waals surface area contributed by atoms with Crippen LogP contribution in [0.4, 0.5) is 10.1 Å². The molecule has 0 unspecified atom stereocenters. The average Bonchev–Trinajstić information content (AvgIpc) is 2.60. The van der Waals surface area contributed by atoms with Crippen LogP contribution in [0.1, 0.15) is 45.4 Å². The van der Waals surface area contributed by atoms with Gasteiger partial charge in [-0.15, -0.1) is 0 Å². The van der Waals surface area contributed by atoms with Crippen LogP contribution in [0.5, 0.6) is 0 Å². The Morgan fingerprint density at radius 2 is 1.62 bits per heavy atom. The van der Waals surface area contributed by atoms with E-state index in [1.54, 1.807) is 12.1 Å². The second-order valence-electron chi connectivity index (χ2n) is 8.39. The summed E-state index contributed by atoms with van der Waals surface area (Å²) in [5.41, 5.74) is 0.270. The van der Waals surface area contributed by atoms with Crippen LogP contribution in [0.15, 0.2) is 24.3 Å². The van der Waals surface area contributed by atoms with Crippen LogP contribution >= 0.6 is 0 Å². The number of anilines is 1. The van der Waals surface area contributed by atoms with Crippen molar-refractivity contribution in [1.82, 2.24) is 0 Å². The lowest BCUT2D eigenvalue weighted by Gasteiger charge is -2.55. The standard InChI is InChI=1S/C21H26FNO3/c1-2-23(18-5-3-17(22)4-6-18)19(24)13-26-20(25)21-10-14-7-15(11-21)9-16(8-14)12-21/h3-6,14-16H,2,7-13H2,1H3. The van der Waals surface area contributed by atoms with Crippen LogP contribution in [-0.2, 0) is 14.3 Å². The Morgan fingerprint density at radius 1 is 1.08 bits per heavy atom. The molecular formula is C21H26FNO3. The van der Waals surface area contributed by atoms with Gasteiger partial charge < -0.3 is 9.64 Å². The minimum Gasteiger partial charge on any atom is -0.455 e. The van der Waals surface area contributed by atoms with Gasteiger partial charge in [0.2, 0.25) is 0 Å². The number of carbonyl (C=O) groups is 2. The van der Waals surface area contributed by atoms with Gasteiger partial charge in [-0.05, 0) is 87.5 Å². The molecule has 0 aromatic heterocycles. The van der Waals surface area contributed by atoms with Crippen LogP contribution < -0.4 is 4.90 Å². The predicted octanol–water partition coefficient (Wildman–Crippen LogP) is 3.94. The third-order valence-electron chi connectivity index (χ3n) is 6.55. The molecule has 0 saturated heterocycles. The second-order valence-corrected chi connectivity index (χ2v) is 8.39. The first kappa shape index (κ1) is 17.5. The molecule has 4 nitrogen and oxygen atoms in total. The lowest BCUT2D eigenvalue weighted by atomic mass is 9.49. The smallest absolute Gasteiger partial charge is 0.312 e. The molecule has 4 aliphatic rings. The van der Waals surface area contributed by atoms with E-state index in [4.69, 9.17) is 4.74 Å². The number of hydrogen-bond acceptors (Lipinski definition) is 3. The summed E-state index contributed by atoms with van der Waals surface area (Å²) in [7, 11) is 0. The Hall–Kier alpha value is -1.91. The van der Waals surface area contributed by atoms with Crippen LogP contribution in [0.3, 0.4) is 0 Å². The van der Waals surface area contributed by atoms with E-state index in [1.807, 2.05) is 6.92 Å². The minimum atomic E-state index is -0.345.